The van der Waals surface area contributed by atoms with Crippen molar-refractivity contribution in [2.45, 2.75) is 6.92 Å². The van der Waals surface area contributed by atoms with E-state index in [0.717, 1.165) is 16.7 Å². The molecule has 0 saturated heterocycles. The predicted octanol–water partition coefficient (Wildman–Crippen LogP) is 2.79. The monoisotopic (exact) mass is 266 g/mol. The third-order valence-electron chi connectivity index (χ3n) is 3.49. The van der Waals surface area contributed by atoms with Crippen LogP contribution in [-0.4, -0.2) is 10.1 Å². The molecule has 0 aliphatic carbocycles. The number of phenols is 1. The van der Waals surface area contributed by atoms with E-state index in [1.807, 2.05) is 25.1 Å². The van der Waals surface area contributed by atoms with Crippen LogP contribution in [0.25, 0.3) is 21.9 Å². The average molecular weight is 266 g/mol. The zero-order chi connectivity index (χ0) is 14.3. The van der Waals surface area contributed by atoms with Crippen LogP contribution < -0.4 is 11.3 Å². The molecule has 0 saturated carbocycles. The lowest BCUT2D eigenvalue weighted by Crippen LogP contribution is -2.06. The molecule has 1 aromatic heterocycles. The minimum atomic E-state index is -0.222. The lowest BCUT2D eigenvalue weighted by atomic mass is 9.98. The van der Waals surface area contributed by atoms with Crippen LogP contribution in [0.2, 0.25) is 0 Å². The highest BCUT2D eigenvalue weighted by atomic mass is 16.3. The van der Waals surface area contributed by atoms with E-state index in [9.17, 15) is 9.90 Å². The number of aromatic nitrogens is 1. The van der Waals surface area contributed by atoms with Crippen LogP contribution in [-0.2, 0) is 0 Å². The quantitative estimate of drug-likeness (QED) is 0.592. The van der Waals surface area contributed by atoms with Gasteiger partial charge in [0.25, 0.3) is 5.56 Å². The molecular weight excluding hydrogens is 252 g/mol. The Morgan fingerprint density at radius 3 is 2.75 bits per heavy atom. The summed E-state index contributed by atoms with van der Waals surface area (Å²) in [6, 6.07) is 10.6. The molecule has 4 N–H and O–H groups in total. The number of hydrogen-bond acceptors (Lipinski definition) is 3. The molecule has 100 valence electrons. The van der Waals surface area contributed by atoms with Crippen molar-refractivity contribution in [3.05, 3.63) is 58.5 Å². The number of aromatic hydroxyl groups is 1. The molecule has 0 aliphatic rings. The van der Waals surface area contributed by atoms with Crippen molar-refractivity contribution >= 4 is 16.5 Å². The van der Waals surface area contributed by atoms with Gasteiger partial charge in [0, 0.05) is 22.8 Å². The Balaban J connectivity index is 2.39. The minimum Gasteiger partial charge on any atom is -0.507 e. The zero-order valence-corrected chi connectivity index (χ0v) is 11.0. The highest BCUT2D eigenvalue weighted by Crippen LogP contribution is 2.33. The van der Waals surface area contributed by atoms with Crippen molar-refractivity contribution in [2.75, 3.05) is 5.73 Å². The van der Waals surface area contributed by atoms with E-state index in [2.05, 4.69) is 4.98 Å². The fourth-order valence-corrected chi connectivity index (χ4v) is 2.34. The van der Waals surface area contributed by atoms with Crippen LogP contribution in [0, 0.1) is 6.92 Å². The molecule has 0 unspecified atom stereocenters. The van der Waals surface area contributed by atoms with E-state index in [4.69, 9.17) is 5.73 Å². The Hall–Kier alpha value is -2.75. The normalized spacial score (nSPS) is 10.8. The van der Waals surface area contributed by atoms with Crippen molar-refractivity contribution < 1.29 is 5.11 Å². The van der Waals surface area contributed by atoms with Gasteiger partial charge in [0.1, 0.15) is 5.75 Å². The van der Waals surface area contributed by atoms with Gasteiger partial charge < -0.3 is 15.8 Å². The Labute approximate surface area is 115 Å². The molecule has 2 aromatic carbocycles. The summed E-state index contributed by atoms with van der Waals surface area (Å²) < 4.78 is 0. The van der Waals surface area contributed by atoms with E-state index in [1.54, 1.807) is 24.4 Å². The molecule has 3 rings (SSSR count). The summed E-state index contributed by atoms with van der Waals surface area (Å²) in [4.78, 5) is 14.5. The van der Waals surface area contributed by atoms with Crippen LogP contribution in [0.15, 0.2) is 47.4 Å². The highest BCUT2D eigenvalue weighted by molar-refractivity contribution is 6.00. The van der Waals surface area contributed by atoms with Crippen molar-refractivity contribution in [1.29, 1.82) is 0 Å². The summed E-state index contributed by atoms with van der Waals surface area (Å²) >= 11 is 0. The largest absolute Gasteiger partial charge is 0.507 e. The van der Waals surface area contributed by atoms with Gasteiger partial charge >= 0.3 is 0 Å². The van der Waals surface area contributed by atoms with E-state index >= 15 is 0 Å². The van der Waals surface area contributed by atoms with Gasteiger partial charge in [0.15, 0.2) is 0 Å². The van der Waals surface area contributed by atoms with Gasteiger partial charge in [-0.05, 0) is 36.2 Å². The zero-order valence-electron chi connectivity index (χ0n) is 11.0. The van der Waals surface area contributed by atoms with E-state index in [1.165, 1.54) is 0 Å². The van der Waals surface area contributed by atoms with Crippen LogP contribution >= 0.6 is 0 Å². The minimum absolute atomic E-state index is 0.0859. The van der Waals surface area contributed by atoms with Crippen molar-refractivity contribution in [3.8, 4) is 16.9 Å². The van der Waals surface area contributed by atoms with Gasteiger partial charge in [-0.3, -0.25) is 4.79 Å². The Morgan fingerprint density at radius 2 is 2.00 bits per heavy atom. The number of benzene rings is 2. The number of H-pyrrole nitrogens is 1. The third kappa shape index (κ3) is 1.82. The maximum absolute atomic E-state index is 11.8. The SMILES string of the molecule is Cc1ccc(-c2c[nH]c(=O)c3cccc(O)c23)cc1N. The second-order valence-corrected chi connectivity index (χ2v) is 4.80. The first kappa shape index (κ1) is 12.3. The summed E-state index contributed by atoms with van der Waals surface area (Å²) in [5, 5.41) is 11.1. The van der Waals surface area contributed by atoms with Crippen molar-refractivity contribution in [3.63, 3.8) is 0 Å². The van der Waals surface area contributed by atoms with Crippen LogP contribution in [0.1, 0.15) is 5.56 Å². The number of hydrogen-bond donors (Lipinski definition) is 3. The van der Waals surface area contributed by atoms with E-state index < -0.39 is 0 Å². The second-order valence-electron chi connectivity index (χ2n) is 4.80. The summed E-state index contributed by atoms with van der Waals surface area (Å²) in [6.45, 7) is 1.93. The Morgan fingerprint density at radius 1 is 1.20 bits per heavy atom. The molecule has 0 spiro atoms. The molecule has 1 heterocycles. The van der Waals surface area contributed by atoms with Crippen molar-refractivity contribution in [1.82, 2.24) is 4.98 Å². The molecule has 0 bridgehead atoms. The van der Waals surface area contributed by atoms with Crippen LogP contribution in [0.3, 0.4) is 0 Å². The summed E-state index contributed by atoms with van der Waals surface area (Å²) in [5.74, 6) is 0.0859. The number of nitrogens with one attached hydrogen (secondary N) is 1. The van der Waals surface area contributed by atoms with Crippen molar-refractivity contribution in [2.24, 2.45) is 0 Å². The standard InChI is InChI=1S/C16H14N2O2/c1-9-5-6-10(7-13(9)17)12-8-18-16(20)11-3-2-4-14(19)15(11)12/h2-8,19H,17H2,1H3,(H,18,20). The number of anilines is 1. The summed E-state index contributed by atoms with van der Waals surface area (Å²) in [5.41, 5.74) is 8.99. The first-order chi connectivity index (χ1) is 9.58. The first-order valence-electron chi connectivity index (χ1n) is 6.28. The summed E-state index contributed by atoms with van der Waals surface area (Å²) in [7, 11) is 0. The number of phenolic OH excluding ortho intramolecular Hbond substituents is 1. The van der Waals surface area contributed by atoms with E-state index in [0.29, 0.717) is 16.5 Å². The first-order valence-corrected chi connectivity index (χ1v) is 6.28. The van der Waals surface area contributed by atoms with Gasteiger partial charge in [0.2, 0.25) is 0 Å². The third-order valence-corrected chi connectivity index (χ3v) is 3.49. The molecule has 4 heteroatoms. The maximum Gasteiger partial charge on any atom is 0.255 e. The number of rotatable bonds is 1. The highest BCUT2D eigenvalue weighted by Gasteiger charge is 2.11. The molecule has 0 fully saturated rings. The molecule has 4 nitrogen and oxygen atoms in total. The lowest BCUT2D eigenvalue weighted by Gasteiger charge is -2.09. The Bertz CT molecular complexity index is 866. The predicted molar refractivity (Wildman–Crippen MR) is 80.8 cm³/mol. The molecule has 0 atom stereocenters. The molecule has 3 aromatic rings. The number of fused-ring (bicyclic) bond motifs is 1. The topological polar surface area (TPSA) is 79.1 Å². The van der Waals surface area contributed by atoms with Gasteiger partial charge in [0.05, 0.1) is 5.39 Å². The van der Waals surface area contributed by atoms with Gasteiger partial charge in [-0.1, -0.05) is 18.2 Å². The summed E-state index contributed by atoms with van der Waals surface area (Å²) in [6.07, 6.45) is 1.61. The van der Waals surface area contributed by atoms with Crippen LogP contribution in [0.4, 0.5) is 5.69 Å². The van der Waals surface area contributed by atoms with Gasteiger partial charge in [-0.15, -0.1) is 0 Å². The maximum atomic E-state index is 11.8. The molecule has 20 heavy (non-hydrogen) atoms. The fourth-order valence-electron chi connectivity index (χ4n) is 2.34. The molecule has 0 radical (unpaired) electrons. The number of aryl methyl sites for hydroxylation is 1. The molecule has 0 amide bonds. The Kier molecular flexibility index (Phi) is 2.71. The fraction of sp³-hybridized carbons (Fsp3) is 0.0625. The number of pyridine rings is 1. The number of nitrogens with two attached hydrogens (primary N) is 1. The second kappa shape index (κ2) is 4.42. The lowest BCUT2D eigenvalue weighted by molar-refractivity contribution is 0.481. The smallest absolute Gasteiger partial charge is 0.255 e. The van der Waals surface area contributed by atoms with Gasteiger partial charge in [-0.25, -0.2) is 0 Å². The van der Waals surface area contributed by atoms with Gasteiger partial charge in [-0.2, -0.15) is 0 Å². The average Bonchev–Trinajstić information content (AvgIpc) is 2.43. The number of aromatic amines is 1. The molecule has 0 aliphatic heterocycles. The van der Waals surface area contributed by atoms with E-state index in [-0.39, 0.29) is 11.3 Å². The van der Waals surface area contributed by atoms with Crippen LogP contribution in [0.5, 0.6) is 5.75 Å². The molecular formula is C16H14N2O2. The number of nitrogen functional groups attached to an aromatic ring is 1.